The van der Waals surface area contributed by atoms with Crippen LogP contribution in [-0.2, 0) is 11.0 Å². The number of hydrogen-bond donors (Lipinski definition) is 4. The fourth-order valence-corrected chi connectivity index (χ4v) is 3.85. The Balaban J connectivity index is 0.000000431. The predicted molar refractivity (Wildman–Crippen MR) is 95.9 cm³/mol. The van der Waals surface area contributed by atoms with Crippen molar-refractivity contribution in [2.75, 3.05) is 7.05 Å². The standard InChI is InChI=1S/C17H17F2NS.H3O4P/c1-20-16-7-2-4-11-8-14(10-15(19)17(11)16)21-13-6-3-5-12(18)9-13;1-5(2,3)4/h3,5-6,8-10,16,20H,2,4,7H2,1H3;(H3,1,2,3,4). The SMILES string of the molecule is CNC1CCCc2cc(Sc3cccc(F)c3)cc(F)c21.O=P(O)(O)O. The summed E-state index contributed by atoms with van der Waals surface area (Å²) in [7, 11) is -2.77. The molecule has 0 heterocycles. The lowest BCUT2D eigenvalue weighted by Gasteiger charge is -2.26. The van der Waals surface area contributed by atoms with E-state index >= 15 is 0 Å². The number of halogens is 2. The highest BCUT2D eigenvalue weighted by Gasteiger charge is 2.23. The third kappa shape index (κ3) is 6.46. The van der Waals surface area contributed by atoms with Gasteiger partial charge in [0.15, 0.2) is 0 Å². The minimum Gasteiger partial charge on any atom is -0.313 e. The van der Waals surface area contributed by atoms with Crippen LogP contribution in [0.2, 0.25) is 0 Å². The number of fused-ring (bicyclic) bond motifs is 1. The number of rotatable bonds is 3. The van der Waals surface area contributed by atoms with E-state index in [2.05, 4.69) is 5.32 Å². The van der Waals surface area contributed by atoms with Gasteiger partial charge in [-0.05, 0) is 62.2 Å². The second kappa shape index (κ2) is 9.08. The highest BCUT2D eigenvalue weighted by atomic mass is 32.2. The summed E-state index contributed by atoms with van der Waals surface area (Å²) in [5.41, 5.74) is 1.87. The molecule has 1 unspecified atom stereocenters. The van der Waals surface area contributed by atoms with Crippen molar-refractivity contribution < 1.29 is 28.0 Å². The monoisotopic (exact) mass is 403 g/mol. The summed E-state index contributed by atoms with van der Waals surface area (Å²) < 4.78 is 36.5. The quantitative estimate of drug-likeness (QED) is 0.583. The lowest BCUT2D eigenvalue weighted by atomic mass is 9.87. The first kappa shape index (κ1) is 21.0. The Morgan fingerprint density at radius 3 is 2.46 bits per heavy atom. The summed E-state index contributed by atoms with van der Waals surface area (Å²) >= 11 is 1.40. The summed E-state index contributed by atoms with van der Waals surface area (Å²) in [5, 5.41) is 3.18. The summed E-state index contributed by atoms with van der Waals surface area (Å²) in [5.74, 6) is -0.431. The molecule has 9 heteroatoms. The van der Waals surface area contributed by atoms with Gasteiger partial charge >= 0.3 is 7.82 Å². The molecule has 5 nitrogen and oxygen atoms in total. The third-order valence-corrected chi connectivity index (χ3v) is 4.82. The molecule has 0 aliphatic heterocycles. The molecule has 0 radical (unpaired) electrons. The number of benzene rings is 2. The maximum absolute atomic E-state index is 14.4. The second-order valence-corrected chi connectivity index (χ2v) is 7.96. The predicted octanol–water partition coefficient (Wildman–Crippen LogP) is 3.78. The molecule has 1 atom stereocenters. The Bertz CT molecular complexity index is 807. The van der Waals surface area contributed by atoms with Crippen LogP contribution in [0.1, 0.15) is 30.0 Å². The molecule has 0 aromatic heterocycles. The average Bonchev–Trinajstić information content (AvgIpc) is 2.52. The summed E-state index contributed by atoms with van der Waals surface area (Å²) in [6.45, 7) is 0. The minimum atomic E-state index is -4.64. The van der Waals surface area contributed by atoms with Crippen molar-refractivity contribution in [3.05, 3.63) is 59.2 Å². The molecule has 0 spiro atoms. The van der Waals surface area contributed by atoms with Crippen LogP contribution in [0.3, 0.4) is 0 Å². The van der Waals surface area contributed by atoms with Gasteiger partial charge in [-0.25, -0.2) is 13.3 Å². The van der Waals surface area contributed by atoms with Crippen LogP contribution >= 0.6 is 19.6 Å². The molecule has 26 heavy (non-hydrogen) atoms. The highest BCUT2D eigenvalue weighted by Crippen LogP contribution is 2.36. The van der Waals surface area contributed by atoms with Crippen LogP contribution < -0.4 is 5.32 Å². The lowest BCUT2D eigenvalue weighted by Crippen LogP contribution is -2.23. The van der Waals surface area contributed by atoms with E-state index in [4.69, 9.17) is 19.2 Å². The van der Waals surface area contributed by atoms with E-state index in [1.54, 1.807) is 12.1 Å². The average molecular weight is 403 g/mol. The molecule has 4 N–H and O–H groups in total. The number of nitrogens with one attached hydrogen (secondary N) is 1. The Labute approximate surface area is 154 Å². The van der Waals surface area contributed by atoms with Crippen molar-refractivity contribution in [1.82, 2.24) is 5.32 Å². The van der Waals surface area contributed by atoms with Crippen LogP contribution in [0.5, 0.6) is 0 Å². The topological polar surface area (TPSA) is 89.8 Å². The van der Waals surface area contributed by atoms with Crippen LogP contribution in [0.15, 0.2) is 46.2 Å². The molecule has 0 amide bonds. The van der Waals surface area contributed by atoms with Gasteiger partial charge in [0.1, 0.15) is 11.6 Å². The van der Waals surface area contributed by atoms with Gasteiger partial charge in [0, 0.05) is 21.4 Å². The van der Waals surface area contributed by atoms with Gasteiger partial charge in [0.25, 0.3) is 0 Å². The van der Waals surface area contributed by atoms with Crippen LogP contribution in [-0.4, -0.2) is 21.7 Å². The summed E-state index contributed by atoms with van der Waals surface area (Å²) in [4.78, 5) is 23.2. The van der Waals surface area contributed by atoms with Gasteiger partial charge in [-0.2, -0.15) is 0 Å². The smallest absolute Gasteiger partial charge is 0.313 e. The van der Waals surface area contributed by atoms with Crippen molar-refractivity contribution in [2.45, 2.75) is 35.1 Å². The van der Waals surface area contributed by atoms with Crippen LogP contribution in [0.4, 0.5) is 8.78 Å². The molecule has 1 aliphatic rings. The van der Waals surface area contributed by atoms with Gasteiger partial charge < -0.3 is 20.0 Å². The molecular formula is C17H20F2NO4PS. The molecule has 2 aromatic carbocycles. The van der Waals surface area contributed by atoms with E-state index in [9.17, 15) is 8.78 Å². The molecule has 0 saturated carbocycles. The summed E-state index contributed by atoms with van der Waals surface area (Å²) in [6.07, 6.45) is 2.94. The van der Waals surface area contributed by atoms with E-state index in [0.29, 0.717) is 0 Å². The van der Waals surface area contributed by atoms with E-state index in [-0.39, 0.29) is 17.7 Å². The zero-order valence-electron chi connectivity index (χ0n) is 14.0. The fraction of sp³-hybridized carbons (Fsp3) is 0.294. The van der Waals surface area contributed by atoms with Crippen LogP contribution in [0, 0.1) is 11.6 Å². The second-order valence-electron chi connectivity index (χ2n) is 5.78. The number of aryl methyl sites for hydroxylation is 1. The Hall–Kier alpha value is -1.28. The first-order chi connectivity index (χ1) is 12.2. The van der Waals surface area contributed by atoms with E-state index in [0.717, 1.165) is 40.2 Å². The number of hydrogen-bond acceptors (Lipinski definition) is 3. The maximum Gasteiger partial charge on any atom is 0.466 e. The van der Waals surface area contributed by atoms with Crippen molar-refractivity contribution >= 4 is 19.6 Å². The van der Waals surface area contributed by atoms with Gasteiger partial charge in [0.2, 0.25) is 0 Å². The largest absolute Gasteiger partial charge is 0.466 e. The van der Waals surface area contributed by atoms with E-state index in [1.165, 1.54) is 23.9 Å². The van der Waals surface area contributed by atoms with Gasteiger partial charge in [0.05, 0.1) is 0 Å². The molecule has 142 valence electrons. The first-order valence-electron chi connectivity index (χ1n) is 7.88. The zero-order chi connectivity index (χ0) is 19.3. The minimum absolute atomic E-state index is 0.0990. The molecule has 0 fully saturated rings. The maximum atomic E-state index is 14.4. The van der Waals surface area contributed by atoms with Crippen molar-refractivity contribution in [3.63, 3.8) is 0 Å². The first-order valence-corrected chi connectivity index (χ1v) is 10.3. The fourth-order valence-electron chi connectivity index (χ4n) is 2.90. The Morgan fingerprint density at radius 2 is 1.85 bits per heavy atom. The van der Waals surface area contributed by atoms with E-state index < -0.39 is 7.82 Å². The molecule has 2 aromatic rings. The molecule has 0 bridgehead atoms. The molecule has 3 rings (SSSR count). The highest BCUT2D eigenvalue weighted by molar-refractivity contribution is 7.99. The van der Waals surface area contributed by atoms with E-state index in [1.807, 2.05) is 19.2 Å². The zero-order valence-corrected chi connectivity index (χ0v) is 15.7. The van der Waals surface area contributed by atoms with Gasteiger partial charge in [-0.1, -0.05) is 17.8 Å². The molecule has 1 aliphatic carbocycles. The normalized spacial score (nSPS) is 16.5. The Kier molecular flexibility index (Phi) is 7.34. The van der Waals surface area contributed by atoms with Crippen molar-refractivity contribution in [1.29, 1.82) is 0 Å². The summed E-state index contributed by atoms with van der Waals surface area (Å²) in [6, 6.07) is 10.1. The molecule has 0 saturated heterocycles. The lowest BCUT2D eigenvalue weighted by molar-refractivity contribution is 0.275. The van der Waals surface area contributed by atoms with Crippen molar-refractivity contribution in [2.24, 2.45) is 0 Å². The van der Waals surface area contributed by atoms with Crippen molar-refractivity contribution in [3.8, 4) is 0 Å². The molecular weight excluding hydrogens is 383 g/mol. The van der Waals surface area contributed by atoms with Gasteiger partial charge in [-0.15, -0.1) is 0 Å². The van der Waals surface area contributed by atoms with Gasteiger partial charge in [-0.3, -0.25) is 0 Å². The number of phosphoric acid groups is 1. The Morgan fingerprint density at radius 1 is 1.15 bits per heavy atom. The third-order valence-electron chi connectivity index (χ3n) is 3.86. The van der Waals surface area contributed by atoms with Crippen LogP contribution in [0.25, 0.3) is 0 Å².